The minimum absolute atomic E-state index is 0.00342. The summed E-state index contributed by atoms with van der Waals surface area (Å²) in [5.41, 5.74) is 7.32. The summed E-state index contributed by atoms with van der Waals surface area (Å²) in [5.74, 6) is 1.75. The number of hydrogen-bond donors (Lipinski definition) is 1. The fourth-order valence-electron chi connectivity index (χ4n) is 2.66. The SMILES string of the molecule is CCOc1ccc(OCCCC(C)(CN)c2ccccc2)cc1. The van der Waals surface area contributed by atoms with Gasteiger partial charge in [0.1, 0.15) is 11.5 Å². The van der Waals surface area contributed by atoms with Gasteiger partial charge in [0.05, 0.1) is 13.2 Å². The summed E-state index contributed by atoms with van der Waals surface area (Å²) >= 11 is 0. The molecule has 3 heteroatoms. The van der Waals surface area contributed by atoms with E-state index in [4.69, 9.17) is 15.2 Å². The van der Waals surface area contributed by atoms with Gasteiger partial charge in [-0.1, -0.05) is 37.3 Å². The smallest absolute Gasteiger partial charge is 0.119 e. The number of rotatable bonds is 9. The van der Waals surface area contributed by atoms with Crippen molar-refractivity contribution in [3.05, 3.63) is 60.2 Å². The Morgan fingerprint density at radius 3 is 2.09 bits per heavy atom. The lowest BCUT2D eigenvalue weighted by Gasteiger charge is -2.28. The van der Waals surface area contributed by atoms with Gasteiger partial charge in [0, 0.05) is 12.0 Å². The second-order valence-corrected chi connectivity index (χ2v) is 5.99. The van der Waals surface area contributed by atoms with Gasteiger partial charge < -0.3 is 15.2 Å². The normalized spacial score (nSPS) is 13.3. The highest BCUT2D eigenvalue weighted by atomic mass is 16.5. The van der Waals surface area contributed by atoms with E-state index in [1.165, 1.54) is 5.56 Å². The van der Waals surface area contributed by atoms with Gasteiger partial charge in [0.2, 0.25) is 0 Å². The quantitative estimate of drug-likeness (QED) is 0.707. The zero-order valence-corrected chi connectivity index (χ0v) is 14.1. The third-order valence-corrected chi connectivity index (χ3v) is 4.20. The van der Waals surface area contributed by atoms with E-state index < -0.39 is 0 Å². The largest absolute Gasteiger partial charge is 0.494 e. The first kappa shape index (κ1) is 17.4. The van der Waals surface area contributed by atoms with Crippen LogP contribution in [0.5, 0.6) is 11.5 Å². The predicted octanol–water partition coefficient (Wildman–Crippen LogP) is 4.16. The van der Waals surface area contributed by atoms with Gasteiger partial charge in [0.25, 0.3) is 0 Å². The molecule has 23 heavy (non-hydrogen) atoms. The molecule has 0 fully saturated rings. The van der Waals surface area contributed by atoms with Gasteiger partial charge in [-0.2, -0.15) is 0 Å². The second-order valence-electron chi connectivity index (χ2n) is 5.99. The third kappa shape index (κ3) is 5.00. The van der Waals surface area contributed by atoms with Crippen LogP contribution in [0.2, 0.25) is 0 Å². The molecule has 0 saturated carbocycles. The molecule has 2 aromatic carbocycles. The number of benzene rings is 2. The zero-order valence-electron chi connectivity index (χ0n) is 14.1. The van der Waals surface area contributed by atoms with Crippen molar-refractivity contribution in [1.29, 1.82) is 0 Å². The van der Waals surface area contributed by atoms with Crippen LogP contribution in [0.1, 0.15) is 32.3 Å². The van der Waals surface area contributed by atoms with E-state index in [1.807, 2.05) is 37.3 Å². The molecule has 2 aromatic rings. The minimum Gasteiger partial charge on any atom is -0.494 e. The van der Waals surface area contributed by atoms with Crippen molar-refractivity contribution in [2.24, 2.45) is 5.73 Å². The van der Waals surface area contributed by atoms with Crippen LogP contribution in [0.25, 0.3) is 0 Å². The van der Waals surface area contributed by atoms with Gasteiger partial charge >= 0.3 is 0 Å². The van der Waals surface area contributed by atoms with Crippen LogP contribution in [0.3, 0.4) is 0 Å². The minimum atomic E-state index is 0.00342. The molecule has 3 nitrogen and oxygen atoms in total. The highest BCUT2D eigenvalue weighted by Gasteiger charge is 2.24. The number of hydrogen-bond acceptors (Lipinski definition) is 3. The van der Waals surface area contributed by atoms with E-state index in [9.17, 15) is 0 Å². The summed E-state index contributed by atoms with van der Waals surface area (Å²) in [5, 5.41) is 0. The summed E-state index contributed by atoms with van der Waals surface area (Å²) in [6, 6.07) is 18.3. The second kappa shape index (κ2) is 8.59. The Labute approximate surface area is 139 Å². The van der Waals surface area contributed by atoms with Crippen molar-refractivity contribution in [2.45, 2.75) is 32.1 Å². The maximum atomic E-state index is 6.02. The van der Waals surface area contributed by atoms with Crippen LogP contribution in [-0.4, -0.2) is 19.8 Å². The fraction of sp³-hybridized carbons (Fsp3) is 0.400. The van der Waals surface area contributed by atoms with Gasteiger partial charge in [-0.25, -0.2) is 0 Å². The van der Waals surface area contributed by atoms with E-state index in [0.29, 0.717) is 19.8 Å². The molecule has 1 unspecified atom stereocenters. The fourth-order valence-corrected chi connectivity index (χ4v) is 2.66. The number of ether oxygens (including phenoxy) is 2. The average Bonchev–Trinajstić information content (AvgIpc) is 2.61. The van der Waals surface area contributed by atoms with Crippen molar-refractivity contribution >= 4 is 0 Å². The van der Waals surface area contributed by atoms with E-state index in [2.05, 4.69) is 31.2 Å². The molecule has 0 heterocycles. The highest BCUT2D eigenvalue weighted by Crippen LogP contribution is 2.28. The molecular weight excluding hydrogens is 286 g/mol. The van der Waals surface area contributed by atoms with Gasteiger partial charge in [-0.15, -0.1) is 0 Å². The first-order chi connectivity index (χ1) is 11.2. The first-order valence-electron chi connectivity index (χ1n) is 8.29. The van der Waals surface area contributed by atoms with Crippen molar-refractivity contribution in [2.75, 3.05) is 19.8 Å². The van der Waals surface area contributed by atoms with E-state index in [-0.39, 0.29) is 5.41 Å². The summed E-state index contributed by atoms with van der Waals surface area (Å²) in [6.45, 7) is 6.21. The molecule has 2 rings (SSSR count). The summed E-state index contributed by atoms with van der Waals surface area (Å²) < 4.78 is 11.2. The molecule has 0 saturated heterocycles. The molecule has 0 bridgehead atoms. The molecule has 0 amide bonds. The van der Waals surface area contributed by atoms with Crippen molar-refractivity contribution in [1.82, 2.24) is 0 Å². The molecule has 2 N–H and O–H groups in total. The van der Waals surface area contributed by atoms with Crippen molar-refractivity contribution in [3.8, 4) is 11.5 Å². The monoisotopic (exact) mass is 313 g/mol. The van der Waals surface area contributed by atoms with Crippen LogP contribution in [0, 0.1) is 0 Å². The Hall–Kier alpha value is -2.00. The van der Waals surface area contributed by atoms with Crippen molar-refractivity contribution in [3.63, 3.8) is 0 Å². The maximum Gasteiger partial charge on any atom is 0.119 e. The predicted molar refractivity (Wildman–Crippen MR) is 95.2 cm³/mol. The lowest BCUT2D eigenvalue weighted by Crippen LogP contribution is -2.32. The van der Waals surface area contributed by atoms with Gasteiger partial charge in [-0.3, -0.25) is 0 Å². The molecule has 0 radical (unpaired) electrons. The van der Waals surface area contributed by atoms with Crippen LogP contribution in [0.15, 0.2) is 54.6 Å². The molecular formula is C20H27NO2. The topological polar surface area (TPSA) is 44.5 Å². The molecule has 1 atom stereocenters. The van der Waals surface area contributed by atoms with Crippen LogP contribution < -0.4 is 15.2 Å². The Morgan fingerprint density at radius 2 is 1.52 bits per heavy atom. The van der Waals surface area contributed by atoms with Crippen LogP contribution >= 0.6 is 0 Å². The first-order valence-corrected chi connectivity index (χ1v) is 8.29. The van der Waals surface area contributed by atoms with Crippen LogP contribution in [-0.2, 0) is 5.41 Å². The van der Waals surface area contributed by atoms with Crippen molar-refractivity contribution < 1.29 is 9.47 Å². The lowest BCUT2D eigenvalue weighted by atomic mass is 9.79. The summed E-state index contributed by atoms with van der Waals surface area (Å²) in [6.07, 6.45) is 1.97. The van der Waals surface area contributed by atoms with E-state index in [0.717, 1.165) is 24.3 Å². The molecule has 0 aliphatic heterocycles. The van der Waals surface area contributed by atoms with Crippen LogP contribution in [0.4, 0.5) is 0 Å². The average molecular weight is 313 g/mol. The Kier molecular flexibility index (Phi) is 6.48. The number of nitrogens with two attached hydrogens (primary N) is 1. The Bertz CT molecular complexity index is 568. The lowest BCUT2D eigenvalue weighted by molar-refractivity contribution is 0.284. The zero-order chi connectivity index (χ0) is 16.5. The molecule has 0 aliphatic carbocycles. The Morgan fingerprint density at radius 1 is 0.913 bits per heavy atom. The molecule has 0 aromatic heterocycles. The van der Waals surface area contributed by atoms with E-state index in [1.54, 1.807) is 0 Å². The molecule has 0 aliphatic rings. The Balaban J connectivity index is 1.81. The third-order valence-electron chi connectivity index (χ3n) is 4.20. The molecule has 124 valence electrons. The van der Waals surface area contributed by atoms with Gasteiger partial charge in [0.15, 0.2) is 0 Å². The summed E-state index contributed by atoms with van der Waals surface area (Å²) in [7, 11) is 0. The van der Waals surface area contributed by atoms with Gasteiger partial charge in [-0.05, 0) is 49.6 Å². The van der Waals surface area contributed by atoms with E-state index >= 15 is 0 Å². The summed E-state index contributed by atoms with van der Waals surface area (Å²) in [4.78, 5) is 0. The standard InChI is InChI=1S/C20H27NO2/c1-3-22-18-10-12-19(13-11-18)23-15-7-14-20(2,16-21)17-8-5-4-6-9-17/h4-6,8-13H,3,7,14-16,21H2,1-2H3. The molecule has 0 spiro atoms. The highest BCUT2D eigenvalue weighted by molar-refractivity contribution is 5.31. The maximum absolute atomic E-state index is 6.02.